The molecule has 1 fully saturated rings. The van der Waals surface area contributed by atoms with Crippen molar-refractivity contribution in [1.82, 2.24) is 5.32 Å². The summed E-state index contributed by atoms with van der Waals surface area (Å²) in [6, 6.07) is 3.13. The van der Waals surface area contributed by atoms with Gasteiger partial charge in [-0.15, -0.1) is 12.4 Å². The number of carbonyl (C=O) groups is 1. The van der Waals surface area contributed by atoms with Gasteiger partial charge < -0.3 is 10.6 Å². The molecule has 6 nitrogen and oxygen atoms in total. The molecule has 0 aliphatic carbocycles. The third-order valence-electron chi connectivity index (χ3n) is 3.84. The van der Waals surface area contributed by atoms with E-state index in [9.17, 15) is 13.2 Å². The molecule has 2 rings (SSSR count). The van der Waals surface area contributed by atoms with E-state index >= 15 is 0 Å². The van der Waals surface area contributed by atoms with Crippen LogP contribution < -0.4 is 15.8 Å². The molecule has 0 radical (unpaired) electrons. The number of amides is 1. The van der Waals surface area contributed by atoms with E-state index in [1.807, 2.05) is 6.92 Å². The van der Waals surface area contributed by atoms with Crippen molar-refractivity contribution in [3.8, 4) is 0 Å². The maximum Gasteiger partial charge on any atom is 0.238 e. The van der Waals surface area contributed by atoms with E-state index in [4.69, 9.17) is 5.14 Å². The molecule has 0 aromatic heterocycles. The van der Waals surface area contributed by atoms with Gasteiger partial charge >= 0.3 is 0 Å². The Morgan fingerprint density at radius 3 is 2.64 bits per heavy atom. The summed E-state index contributed by atoms with van der Waals surface area (Å²) in [4.78, 5) is 12.1. The molecular formula is C14H22ClN3O3S. The first-order valence-corrected chi connectivity index (χ1v) is 8.49. The van der Waals surface area contributed by atoms with E-state index in [1.54, 1.807) is 6.92 Å². The van der Waals surface area contributed by atoms with Gasteiger partial charge in [-0.1, -0.05) is 0 Å². The van der Waals surface area contributed by atoms with Gasteiger partial charge in [-0.2, -0.15) is 0 Å². The van der Waals surface area contributed by atoms with E-state index in [2.05, 4.69) is 10.6 Å². The third-order valence-corrected chi connectivity index (χ3v) is 4.73. The van der Waals surface area contributed by atoms with Gasteiger partial charge in [0.2, 0.25) is 15.9 Å². The highest BCUT2D eigenvalue weighted by Gasteiger charge is 2.19. The molecule has 1 aromatic carbocycles. The monoisotopic (exact) mass is 347 g/mol. The van der Waals surface area contributed by atoms with E-state index in [0.29, 0.717) is 12.1 Å². The Morgan fingerprint density at radius 1 is 1.41 bits per heavy atom. The van der Waals surface area contributed by atoms with Crippen LogP contribution in [0.3, 0.4) is 0 Å². The minimum atomic E-state index is -3.79. The van der Waals surface area contributed by atoms with Gasteiger partial charge in [0, 0.05) is 18.2 Å². The maximum atomic E-state index is 12.1. The van der Waals surface area contributed by atoms with Gasteiger partial charge in [0.05, 0.1) is 4.90 Å². The second kappa shape index (κ2) is 7.41. The average Bonchev–Trinajstić information content (AvgIpc) is 2.86. The number of hydrogen-bond donors (Lipinski definition) is 3. The Kier molecular flexibility index (Phi) is 6.37. The van der Waals surface area contributed by atoms with Gasteiger partial charge in [-0.25, -0.2) is 13.6 Å². The minimum Gasteiger partial charge on any atom is -0.326 e. The summed E-state index contributed by atoms with van der Waals surface area (Å²) in [5.74, 6) is -0.122. The molecule has 4 N–H and O–H groups in total. The van der Waals surface area contributed by atoms with Crippen LogP contribution in [0.2, 0.25) is 0 Å². The second-order valence-corrected chi connectivity index (χ2v) is 7.06. The summed E-state index contributed by atoms with van der Waals surface area (Å²) in [7, 11) is -3.79. The van der Waals surface area contributed by atoms with Crippen LogP contribution in [-0.4, -0.2) is 26.9 Å². The smallest absolute Gasteiger partial charge is 0.238 e. The van der Waals surface area contributed by atoms with E-state index in [0.717, 1.165) is 30.5 Å². The molecule has 124 valence electrons. The van der Waals surface area contributed by atoms with Crippen molar-refractivity contribution >= 4 is 34.0 Å². The number of halogens is 1. The molecule has 1 heterocycles. The molecule has 0 spiro atoms. The zero-order valence-corrected chi connectivity index (χ0v) is 14.3. The molecule has 1 saturated heterocycles. The molecule has 8 heteroatoms. The molecule has 1 unspecified atom stereocenters. The number of carbonyl (C=O) groups excluding carboxylic acids is 1. The largest absolute Gasteiger partial charge is 0.326 e. The molecule has 1 aliphatic heterocycles. The fourth-order valence-electron chi connectivity index (χ4n) is 2.48. The first-order valence-electron chi connectivity index (χ1n) is 6.94. The van der Waals surface area contributed by atoms with Crippen molar-refractivity contribution in [2.24, 2.45) is 5.14 Å². The number of aryl methyl sites for hydroxylation is 1. The van der Waals surface area contributed by atoms with Gasteiger partial charge in [0.25, 0.3) is 0 Å². The summed E-state index contributed by atoms with van der Waals surface area (Å²) in [6.45, 7) is 4.57. The number of primary sulfonamides is 1. The Hall–Kier alpha value is -1.15. The molecule has 1 aliphatic rings. The Labute approximate surface area is 137 Å². The molecule has 22 heavy (non-hydrogen) atoms. The summed E-state index contributed by atoms with van der Waals surface area (Å²) < 4.78 is 22.9. The molecule has 1 atom stereocenters. The first kappa shape index (κ1) is 18.9. The van der Waals surface area contributed by atoms with Crippen molar-refractivity contribution < 1.29 is 13.2 Å². The lowest BCUT2D eigenvalue weighted by molar-refractivity contribution is -0.116. The normalized spacial score (nSPS) is 17.9. The minimum absolute atomic E-state index is 0. The molecule has 1 amide bonds. The van der Waals surface area contributed by atoms with Crippen LogP contribution >= 0.6 is 12.4 Å². The average molecular weight is 348 g/mol. The highest BCUT2D eigenvalue weighted by atomic mass is 35.5. The number of nitrogens with two attached hydrogens (primary N) is 1. The molecular weight excluding hydrogens is 326 g/mol. The van der Waals surface area contributed by atoms with E-state index in [-0.39, 0.29) is 29.3 Å². The Bertz CT molecular complexity index is 656. The first-order chi connectivity index (χ1) is 9.77. The van der Waals surface area contributed by atoms with Crippen LogP contribution in [0.15, 0.2) is 17.0 Å². The van der Waals surface area contributed by atoms with Crippen molar-refractivity contribution in [3.63, 3.8) is 0 Å². The van der Waals surface area contributed by atoms with Crippen LogP contribution in [-0.2, 0) is 14.8 Å². The quantitative estimate of drug-likeness (QED) is 0.767. The second-order valence-electron chi connectivity index (χ2n) is 5.50. The number of rotatable bonds is 4. The predicted octanol–water partition coefficient (Wildman–Crippen LogP) is 1.45. The summed E-state index contributed by atoms with van der Waals surface area (Å²) in [5, 5.41) is 11.2. The summed E-state index contributed by atoms with van der Waals surface area (Å²) in [6.07, 6.45) is 2.46. The van der Waals surface area contributed by atoms with Crippen LogP contribution in [0, 0.1) is 13.8 Å². The van der Waals surface area contributed by atoms with Crippen LogP contribution in [0.5, 0.6) is 0 Å². The third kappa shape index (κ3) is 4.67. The van der Waals surface area contributed by atoms with Crippen molar-refractivity contribution in [2.45, 2.75) is 44.0 Å². The molecule has 0 saturated carbocycles. The molecule has 1 aromatic rings. The number of hydrogen-bond acceptors (Lipinski definition) is 4. The number of sulfonamides is 1. The van der Waals surface area contributed by atoms with Gasteiger partial charge in [0.1, 0.15) is 0 Å². The maximum absolute atomic E-state index is 12.1. The van der Waals surface area contributed by atoms with Gasteiger partial charge in [-0.3, -0.25) is 4.79 Å². The Balaban J connectivity index is 0.00000242. The lowest BCUT2D eigenvalue weighted by atomic mass is 10.1. The standard InChI is InChI=1S/C14H21N3O3S.ClH/c1-9-6-12(21(15,19)20)8-13(10(9)2)17-14(18)7-11-4-3-5-16-11;/h6,8,11,16H,3-5,7H2,1-2H3,(H,17,18)(H2,15,19,20);1H. The van der Waals surface area contributed by atoms with Crippen molar-refractivity contribution in [2.75, 3.05) is 11.9 Å². The summed E-state index contributed by atoms with van der Waals surface area (Å²) >= 11 is 0. The van der Waals surface area contributed by atoms with Crippen LogP contribution in [0.1, 0.15) is 30.4 Å². The lowest BCUT2D eigenvalue weighted by Gasteiger charge is -2.14. The highest BCUT2D eigenvalue weighted by Crippen LogP contribution is 2.24. The zero-order chi connectivity index (χ0) is 15.6. The van der Waals surface area contributed by atoms with Crippen LogP contribution in [0.4, 0.5) is 5.69 Å². The van der Waals surface area contributed by atoms with Crippen LogP contribution in [0.25, 0.3) is 0 Å². The highest BCUT2D eigenvalue weighted by molar-refractivity contribution is 7.89. The fourth-order valence-corrected chi connectivity index (χ4v) is 3.10. The van der Waals surface area contributed by atoms with E-state index < -0.39 is 10.0 Å². The molecule has 0 bridgehead atoms. The Morgan fingerprint density at radius 2 is 2.09 bits per heavy atom. The van der Waals surface area contributed by atoms with E-state index in [1.165, 1.54) is 12.1 Å². The fraction of sp³-hybridized carbons (Fsp3) is 0.500. The summed E-state index contributed by atoms with van der Waals surface area (Å²) in [5.41, 5.74) is 2.12. The topological polar surface area (TPSA) is 101 Å². The zero-order valence-electron chi connectivity index (χ0n) is 12.7. The predicted molar refractivity (Wildman–Crippen MR) is 88.8 cm³/mol. The van der Waals surface area contributed by atoms with Gasteiger partial charge in [-0.05, 0) is 56.5 Å². The number of anilines is 1. The van der Waals surface area contributed by atoms with Crippen molar-refractivity contribution in [3.05, 3.63) is 23.3 Å². The number of nitrogens with one attached hydrogen (secondary N) is 2. The van der Waals surface area contributed by atoms with Gasteiger partial charge in [0.15, 0.2) is 0 Å². The van der Waals surface area contributed by atoms with Crippen molar-refractivity contribution in [1.29, 1.82) is 0 Å². The lowest BCUT2D eigenvalue weighted by Crippen LogP contribution is -2.27. The SMILES string of the molecule is Cc1cc(S(N)(=O)=O)cc(NC(=O)CC2CCCN2)c1C.Cl. The number of benzene rings is 1.